The van der Waals surface area contributed by atoms with Crippen molar-refractivity contribution in [2.45, 2.75) is 18.9 Å². The van der Waals surface area contributed by atoms with Gasteiger partial charge in [-0.3, -0.25) is 15.6 Å². The van der Waals surface area contributed by atoms with Crippen LogP contribution in [0.3, 0.4) is 0 Å². The Kier molecular flexibility index (Phi) is 5.17. The molecule has 0 unspecified atom stereocenters. The Morgan fingerprint density at radius 3 is 3.05 bits per heavy atom. The van der Waals surface area contributed by atoms with Gasteiger partial charge >= 0.3 is 0 Å². The third-order valence-electron chi connectivity index (χ3n) is 2.70. The molecule has 19 heavy (non-hydrogen) atoms. The number of thiocarbonyl (C=S) groups is 1. The fourth-order valence-electron chi connectivity index (χ4n) is 1.74. The second-order valence-corrected chi connectivity index (χ2v) is 5.48. The Bertz CT molecular complexity index is 459. The monoisotopic (exact) mass is 346 g/mol. The summed E-state index contributed by atoms with van der Waals surface area (Å²) < 4.78 is 6.27. The fraction of sp³-hybridized carbons (Fsp3) is 0.455. The summed E-state index contributed by atoms with van der Waals surface area (Å²) in [5.74, 6) is -0.285. The SMILES string of the molecule is O=C(NNC(=S)NC[C@@H]1CCCO1)c1cc(Br)c[nH]1. The number of hydrazine groups is 1. The highest BCUT2D eigenvalue weighted by atomic mass is 79.9. The van der Waals surface area contributed by atoms with Gasteiger partial charge in [-0.15, -0.1) is 0 Å². The molecule has 0 radical (unpaired) electrons. The zero-order valence-corrected chi connectivity index (χ0v) is 12.6. The van der Waals surface area contributed by atoms with Gasteiger partial charge in [-0.1, -0.05) is 0 Å². The highest BCUT2D eigenvalue weighted by Gasteiger charge is 2.15. The molecule has 1 amide bonds. The number of nitrogens with one attached hydrogen (secondary N) is 4. The fourth-order valence-corrected chi connectivity index (χ4v) is 2.21. The van der Waals surface area contributed by atoms with E-state index in [-0.39, 0.29) is 12.0 Å². The van der Waals surface area contributed by atoms with Crippen molar-refractivity contribution in [2.75, 3.05) is 13.2 Å². The number of ether oxygens (including phenoxy) is 1. The van der Waals surface area contributed by atoms with E-state index in [0.717, 1.165) is 23.9 Å². The maximum absolute atomic E-state index is 11.7. The average Bonchev–Trinajstić information content (AvgIpc) is 3.04. The van der Waals surface area contributed by atoms with Crippen molar-refractivity contribution in [3.05, 3.63) is 22.4 Å². The van der Waals surface area contributed by atoms with E-state index in [1.807, 2.05) is 0 Å². The maximum atomic E-state index is 11.7. The molecule has 1 fully saturated rings. The van der Waals surface area contributed by atoms with Crippen LogP contribution in [0.15, 0.2) is 16.7 Å². The Morgan fingerprint density at radius 1 is 1.58 bits per heavy atom. The Balaban J connectivity index is 1.66. The van der Waals surface area contributed by atoms with Gasteiger partial charge in [0.15, 0.2) is 5.11 Å². The number of carbonyl (C=O) groups excluding carboxylic acids is 1. The number of H-pyrrole nitrogens is 1. The molecule has 104 valence electrons. The molecule has 0 aliphatic carbocycles. The molecule has 6 nitrogen and oxygen atoms in total. The van der Waals surface area contributed by atoms with Gasteiger partial charge in [0.1, 0.15) is 5.69 Å². The first-order chi connectivity index (χ1) is 9.15. The minimum atomic E-state index is -0.285. The molecular formula is C11H15BrN4O2S. The Morgan fingerprint density at radius 2 is 2.42 bits per heavy atom. The zero-order chi connectivity index (χ0) is 13.7. The van der Waals surface area contributed by atoms with Crippen LogP contribution in [0, 0.1) is 0 Å². The third-order valence-corrected chi connectivity index (χ3v) is 3.40. The lowest BCUT2D eigenvalue weighted by molar-refractivity contribution is 0.0938. The third kappa shape index (κ3) is 4.48. The summed E-state index contributed by atoms with van der Waals surface area (Å²) in [6.07, 6.45) is 4.02. The number of aromatic nitrogens is 1. The van der Waals surface area contributed by atoms with Crippen molar-refractivity contribution >= 4 is 39.2 Å². The minimum absolute atomic E-state index is 0.204. The average molecular weight is 347 g/mol. The second kappa shape index (κ2) is 6.88. The molecule has 2 rings (SSSR count). The topological polar surface area (TPSA) is 78.2 Å². The molecule has 8 heteroatoms. The van der Waals surface area contributed by atoms with Crippen molar-refractivity contribution < 1.29 is 9.53 Å². The number of carbonyl (C=O) groups is 1. The molecule has 1 saturated heterocycles. The molecule has 1 aliphatic rings. The molecule has 0 saturated carbocycles. The van der Waals surface area contributed by atoms with Crippen molar-refractivity contribution in [1.82, 2.24) is 21.2 Å². The summed E-state index contributed by atoms with van der Waals surface area (Å²) in [6, 6.07) is 1.68. The molecule has 0 aromatic carbocycles. The summed E-state index contributed by atoms with van der Waals surface area (Å²) in [4.78, 5) is 14.5. The van der Waals surface area contributed by atoms with Gasteiger partial charge in [0.25, 0.3) is 5.91 Å². The smallest absolute Gasteiger partial charge is 0.286 e. The molecule has 1 aromatic heterocycles. The number of hydrogen-bond donors (Lipinski definition) is 4. The van der Waals surface area contributed by atoms with Gasteiger partial charge in [0.05, 0.1) is 6.10 Å². The summed E-state index contributed by atoms with van der Waals surface area (Å²) >= 11 is 8.31. The first kappa shape index (κ1) is 14.3. The predicted molar refractivity (Wildman–Crippen MR) is 78.7 cm³/mol. The first-order valence-electron chi connectivity index (χ1n) is 5.95. The van der Waals surface area contributed by atoms with Gasteiger partial charge in [-0.25, -0.2) is 0 Å². The van der Waals surface area contributed by atoms with E-state index in [1.165, 1.54) is 0 Å². The van der Waals surface area contributed by atoms with Crippen LogP contribution in [0.4, 0.5) is 0 Å². The van der Waals surface area contributed by atoms with Crippen molar-refractivity contribution in [3.63, 3.8) is 0 Å². The Labute approximate surface area is 124 Å². The van der Waals surface area contributed by atoms with Gasteiger partial charge < -0.3 is 15.0 Å². The number of amides is 1. The van der Waals surface area contributed by atoms with Crippen molar-refractivity contribution in [1.29, 1.82) is 0 Å². The molecule has 1 atom stereocenters. The van der Waals surface area contributed by atoms with E-state index < -0.39 is 0 Å². The normalized spacial score (nSPS) is 18.1. The molecule has 2 heterocycles. The molecule has 0 bridgehead atoms. The van der Waals surface area contributed by atoms with Crippen LogP contribution in [-0.4, -0.2) is 35.3 Å². The van der Waals surface area contributed by atoms with E-state index >= 15 is 0 Å². The van der Waals surface area contributed by atoms with Crippen LogP contribution in [0.5, 0.6) is 0 Å². The number of halogens is 1. The van der Waals surface area contributed by atoms with Gasteiger partial charge in [-0.05, 0) is 47.1 Å². The summed E-state index contributed by atoms with van der Waals surface area (Å²) in [5, 5.41) is 3.37. The molecule has 1 aliphatic heterocycles. The maximum Gasteiger partial charge on any atom is 0.286 e. The van der Waals surface area contributed by atoms with Gasteiger partial charge in [0, 0.05) is 23.8 Å². The van der Waals surface area contributed by atoms with E-state index in [1.54, 1.807) is 12.3 Å². The van der Waals surface area contributed by atoms with E-state index in [0.29, 0.717) is 17.4 Å². The number of hydrogen-bond acceptors (Lipinski definition) is 3. The Hall–Kier alpha value is -1.12. The highest BCUT2D eigenvalue weighted by Crippen LogP contribution is 2.10. The predicted octanol–water partition coefficient (Wildman–Crippen LogP) is 1.07. The van der Waals surface area contributed by atoms with Gasteiger partial charge in [-0.2, -0.15) is 0 Å². The lowest BCUT2D eigenvalue weighted by Gasteiger charge is -2.14. The number of aromatic amines is 1. The molecule has 0 spiro atoms. The largest absolute Gasteiger partial charge is 0.376 e. The highest BCUT2D eigenvalue weighted by molar-refractivity contribution is 9.10. The van der Waals surface area contributed by atoms with E-state index in [2.05, 4.69) is 37.1 Å². The zero-order valence-electron chi connectivity index (χ0n) is 10.2. The quantitative estimate of drug-likeness (QED) is 0.486. The van der Waals surface area contributed by atoms with Crippen LogP contribution >= 0.6 is 28.1 Å². The van der Waals surface area contributed by atoms with Gasteiger partial charge in [0.2, 0.25) is 0 Å². The van der Waals surface area contributed by atoms with E-state index in [9.17, 15) is 4.79 Å². The van der Waals surface area contributed by atoms with Crippen LogP contribution in [0.1, 0.15) is 23.3 Å². The van der Waals surface area contributed by atoms with Crippen molar-refractivity contribution in [2.24, 2.45) is 0 Å². The van der Waals surface area contributed by atoms with E-state index in [4.69, 9.17) is 17.0 Å². The molecular weight excluding hydrogens is 332 g/mol. The minimum Gasteiger partial charge on any atom is -0.376 e. The molecule has 4 N–H and O–H groups in total. The lowest BCUT2D eigenvalue weighted by Crippen LogP contribution is -2.48. The first-order valence-corrected chi connectivity index (χ1v) is 7.15. The van der Waals surface area contributed by atoms with Crippen molar-refractivity contribution in [3.8, 4) is 0 Å². The van der Waals surface area contributed by atoms with Crippen LogP contribution < -0.4 is 16.2 Å². The second-order valence-electron chi connectivity index (χ2n) is 4.16. The molecule has 1 aromatic rings. The van der Waals surface area contributed by atoms with Crippen LogP contribution in [0.25, 0.3) is 0 Å². The number of rotatable bonds is 3. The van der Waals surface area contributed by atoms with Crippen LogP contribution in [0.2, 0.25) is 0 Å². The summed E-state index contributed by atoms with van der Waals surface area (Å²) in [6.45, 7) is 1.46. The lowest BCUT2D eigenvalue weighted by atomic mass is 10.2. The standard InChI is InChI=1S/C11H15BrN4O2S/c12-7-4-9(13-5-7)10(17)15-16-11(19)14-6-8-2-1-3-18-8/h4-5,8,13H,1-3,6H2,(H,15,17)(H2,14,16,19)/t8-/m0/s1. The summed E-state index contributed by atoms with van der Waals surface area (Å²) in [7, 11) is 0. The van der Waals surface area contributed by atoms with Crippen LogP contribution in [-0.2, 0) is 4.74 Å². The summed E-state index contributed by atoms with van der Waals surface area (Å²) in [5.41, 5.74) is 5.59.